The molecule has 0 unspecified atom stereocenters. The molecule has 1 fully saturated rings. The second kappa shape index (κ2) is 7.89. The molecule has 6 nitrogen and oxygen atoms in total. The van der Waals surface area contributed by atoms with Crippen LogP contribution in [-0.4, -0.2) is 21.0 Å². The van der Waals surface area contributed by atoms with E-state index in [9.17, 15) is 19.7 Å². The number of amides is 2. The number of nitro benzene ring substituents is 1. The molecule has 0 radical (unpaired) electrons. The first-order valence-electron chi connectivity index (χ1n) is 7.29. The van der Waals surface area contributed by atoms with Gasteiger partial charge in [0.1, 0.15) is 0 Å². The van der Waals surface area contributed by atoms with Crippen LogP contribution in [0, 0.1) is 13.7 Å². The number of thioether (sulfide) groups is 1. The summed E-state index contributed by atoms with van der Waals surface area (Å²) in [6.07, 6.45) is 1.50. The molecule has 0 bridgehead atoms. The maximum absolute atomic E-state index is 12.5. The van der Waals surface area contributed by atoms with Gasteiger partial charge in [-0.3, -0.25) is 24.6 Å². The third kappa shape index (κ3) is 4.15. The molecule has 26 heavy (non-hydrogen) atoms. The van der Waals surface area contributed by atoms with Crippen LogP contribution in [0.4, 0.5) is 10.5 Å². The van der Waals surface area contributed by atoms with Gasteiger partial charge in [0.25, 0.3) is 16.8 Å². The van der Waals surface area contributed by atoms with Gasteiger partial charge >= 0.3 is 0 Å². The molecule has 1 heterocycles. The smallest absolute Gasteiger partial charge is 0.268 e. The molecule has 0 spiro atoms. The molecule has 2 aromatic carbocycles. The van der Waals surface area contributed by atoms with Gasteiger partial charge in [-0.25, -0.2) is 0 Å². The van der Waals surface area contributed by atoms with E-state index < -0.39 is 10.8 Å². The summed E-state index contributed by atoms with van der Waals surface area (Å²) >= 11 is 6.13. The number of carbonyl (C=O) groups excluding carboxylic acids is 2. The molecule has 0 N–H and O–H groups in total. The van der Waals surface area contributed by atoms with Crippen LogP contribution < -0.4 is 0 Å². The quantitative estimate of drug-likeness (QED) is 0.229. The van der Waals surface area contributed by atoms with Crippen LogP contribution in [-0.2, 0) is 11.3 Å². The normalized spacial score (nSPS) is 15.8. The van der Waals surface area contributed by atoms with Crippen molar-refractivity contribution >= 4 is 73.2 Å². The fraction of sp³-hybridized carbons (Fsp3) is 0.0588. The van der Waals surface area contributed by atoms with Crippen molar-refractivity contribution in [3.63, 3.8) is 0 Å². The van der Waals surface area contributed by atoms with Crippen LogP contribution in [0.15, 0.2) is 51.8 Å². The third-order valence-electron chi connectivity index (χ3n) is 3.59. The maximum atomic E-state index is 12.5. The van der Waals surface area contributed by atoms with Crippen LogP contribution in [0.5, 0.6) is 0 Å². The Morgan fingerprint density at radius 1 is 1.19 bits per heavy atom. The Morgan fingerprint density at radius 3 is 2.54 bits per heavy atom. The molecule has 0 aromatic heterocycles. The predicted molar refractivity (Wildman–Crippen MR) is 111 cm³/mol. The second-order valence-electron chi connectivity index (χ2n) is 5.36. The lowest BCUT2D eigenvalue weighted by molar-refractivity contribution is -0.385. The zero-order chi connectivity index (χ0) is 18.8. The van der Waals surface area contributed by atoms with Crippen LogP contribution in [0.3, 0.4) is 0 Å². The average Bonchev–Trinajstić information content (AvgIpc) is 2.85. The third-order valence-corrected chi connectivity index (χ3v) is 5.89. The molecule has 0 aliphatic carbocycles. The Hall–Kier alpha value is -1.72. The van der Waals surface area contributed by atoms with Gasteiger partial charge in [-0.15, -0.1) is 0 Å². The van der Waals surface area contributed by atoms with Crippen molar-refractivity contribution in [1.82, 2.24) is 4.90 Å². The van der Waals surface area contributed by atoms with E-state index in [4.69, 9.17) is 0 Å². The van der Waals surface area contributed by atoms with E-state index in [0.717, 1.165) is 20.9 Å². The summed E-state index contributed by atoms with van der Waals surface area (Å²) in [5, 5.41) is 10.7. The molecular formula is C17H10BrIN2O4S. The van der Waals surface area contributed by atoms with Gasteiger partial charge in [0.15, 0.2) is 0 Å². The fourth-order valence-electron chi connectivity index (χ4n) is 2.32. The van der Waals surface area contributed by atoms with Crippen LogP contribution in [0.2, 0.25) is 0 Å². The standard InChI is InChI=1S/C17H10BrIN2O4S/c18-13-6-3-11(7-14(13)21(24)25)8-15-16(22)20(17(23)26-15)9-10-1-4-12(19)5-2-10/h1-8H,9H2/b15-8-. The summed E-state index contributed by atoms with van der Waals surface area (Å²) in [5.41, 5.74) is 1.24. The number of hydrogen-bond acceptors (Lipinski definition) is 5. The number of imide groups is 1. The highest BCUT2D eigenvalue weighted by atomic mass is 127. The lowest BCUT2D eigenvalue weighted by atomic mass is 10.2. The maximum Gasteiger partial charge on any atom is 0.293 e. The minimum Gasteiger partial charge on any atom is -0.268 e. The zero-order valence-corrected chi connectivity index (χ0v) is 17.6. The molecule has 132 valence electrons. The van der Waals surface area contributed by atoms with Crippen molar-refractivity contribution in [2.24, 2.45) is 0 Å². The lowest BCUT2D eigenvalue weighted by Gasteiger charge is -2.12. The average molecular weight is 545 g/mol. The fourth-order valence-corrected chi connectivity index (χ4v) is 3.91. The minimum absolute atomic E-state index is 0.100. The Labute approximate surface area is 175 Å². The number of hydrogen-bond donors (Lipinski definition) is 0. The molecule has 2 aromatic rings. The van der Waals surface area contributed by atoms with E-state index in [-0.39, 0.29) is 22.4 Å². The number of halogens is 2. The van der Waals surface area contributed by atoms with E-state index in [1.54, 1.807) is 12.1 Å². The summed E-state index contributed by atoms with van der Waals surface area (Å²) in [6.45, 7) is 0.194. The SMILES string of the molecule is O=C1S/C(=C\c2ccc(Br)c([N+](=O)[O-])c2)C(=O)N1Cc1ccc(I)cc1. The summed E-state index contributed by atoms with van der Waals surface area (Å²) in [7, 11) is 0. The van der Waals surface area contributed by atoms with E-state index in [1.165, 1.54) is 17.0 Å². The summed E-state index contributed by atoms with van der Waals surface area (Å²) in [4.78, 5) is 36.7. The number of nitro groups is 1. The van der Waals surface area contributed by atoms with Gasteiger partial charge in [0.2, 0.25) is 0 Å². The Kier molecular flexibility index (Phi) is 5.78. The molecule has 9 heteroatoms. The van der Waals surface area contributed by atoms with E-state index in [2.05, 4.69) is 38.5 Å². The molecule has 1 saturated heterocycles. The molecule has 1 aliphatic heterocycles. The number of nitrogens with zero attached hydrogens (tertiary/aromatic N) is 2. The first-order valence-corrected chi connectivity index (χ1v) is 9.98. The van der Waals surface area contributed by atoms with E-state index in [0.29, 0.717) is 10.0 Å². The van der Waals surface area contributed by atoms with Crippen molar-refractivity contribution in [2.45, 2.75) is 6.54 Å². The second-order valence-corrected chi connectivity index (χ2v) is 8.46. The van der Waals surface area contributed by atoms with Gasteiger partial charge in [-0.1, -0.05) is 18.2 Å². The van der Waals surface area contributed by atoms with Crippen LogP contribution >= 0.6 is 50.3 Å². The van der Waals surface area contributed by atoms with Crippen LogP contribution in [0.25, 0.3) is 6.08 Å². The molecule has 2 amide bonds. The number of rotatable bonds is 4. The lowest BCUT2D eigenvalue weighted by Crippen LogP contribution is -2.27. The number of carbonyl (C=O) groups is 2. The molecule has 0 saturated carbocycles. The highest BCUT2D eigenvalue weighted by Crippen LogP contribution is 2.34. The van der Waals surface area contributed by atoms with Crippen molar-refractivity contribution in [3.05, 3.63) is 76.7 Å². The minimum atomic E-state index is -0.510. The van der Waals surface area contributed by atoms with Crippen LogP contribution in [0.1, 0.15) is 11.1 Å². The first kappa shape index (κ1) is 19.1. The van der Waals surface area contributed by atoms with Gasteiger partial charge in [0, 0.05) is 9.64 Å². The van der Waals surface area contributed by atoms with Crippen molar-refractivity contribution in [1.29, 1.82) is 0 Å². The summed E-state index contributed by atoms with van der Waals surface area (Å²) in [6, 6.07) is 12.1. The zero-order valence-electron chi connectivity index (χ0n) is 13.0. The van der Waals surface area contributed by atoms with Gasteiger partial charge in [-0.2, -0.15) is 0 Å². The monoisotopic (exact) mass is 544 g/mol. The Bertz CT molecular complexity index is 946. The Balaban J connectivity index is 1.84. The Morgan fingerprint density at radius 2 is 1.88 bits per heavy atom. The van der Waals surface area contributed by atoms with Gasteiger partial charge in [0.05, 0.1) is 20.8 Å². The van der Waals surface area contributed by atoms with Crippen molar-refractivity contribution in [2.75, 3.05) is 0 Å². The van der Waals surface area contributed by atoms with E-state index in [1.807, 2.05) is 24.3 Å². The highest BCUT2D eigenvalue weighted by Gasteiger charge is 2.35. The largest absolute Gasteiger partial charge is 0.293 e. The summed E-state index contributed by atoms with van der Waals surface area (Å²) in [5.74, 6) is -0.399. The van der Waals surface area contributed by atoms with Crippen molar-refractivity contribution in [3.8, 4) is 0 Å². The van der Waals surface area contributed by atoms with Gasteiger partial charge < -0.3 is 0 Å². The molecule has 1 aliphatic rings. The molecule has 0 atom stereocenters. The summed E-state index contributed by atoms with van der Waals surface area (Å²) < 4.78 is 1.42. The highest BCUT2D eigenvalue weighted by molar-refractivity contribution is 14.1. The predicted octanol–water partition coefficient (Wildman–Crippen LogP) is 5.20. The molecular weight excluding hydrogens is 535 g/mol. The first-order chi connectivity index (χ1) is 12.3. The van der Waals surface area contributed by atoms with E-state index >= 15 is 0 Å². The molecule has 3 rings (SSSR count). The number of benzene rings is 2. The van der Waals surface area contributed by atoms with Crippen molar-refractivity contribution < 1.29 is 14.5 Å². The topological polar surface area (TPSA) is 80.5 Å². The van der Waals surface area contributed by atoms with Gasteiger partial charge in [-0.05, 0) is 85.7 Å².